The second kappa shape index (κ2) is 9.49. The molecule has 4 nitrogen and oxygen atoms in total. The van der Waals surface area contributed by atoms with Crippen molar-refractivity contribution in [3.05, 3.63) is 65.5 Å². The Morgan fingerprint density at radius 1 is 1.21 bits per heavy atom. The third-order valence-electron chi connectivity index (χ3n) is 4.41. The SMILES string of the molecule is CCOc1cc(CN(C(=O)C=Cc2cccc(F)c2)C2CC2)ccc1OC(F)F. The molecule has 0 spiro atoms. The number of ether oxygens (including phenoxy) is 2. The van der Waals surface area contributed by atoms with Crippen molar-refractivity contribution in [3.63, 3.8) is 0 Å². The van der Waals surface area contributed by atoms with Crippen molar-refractivity contribution in [1.82, 2.24) is 4.90 Å². The normalized spacial score (nSPS) is 13.7. The molecule has 2 aromatic rings. The van der Waals surface area contributed by atoms with Crippen LogP contribution in [0, 0.1) is 5.82 Å². The molecular weight excluding hydrogens is 383 g/mol. The summed E-state index contributed by atoms with van der Waals surface area (Å²) in [6.07, 6.45) is 4.81. The van der Waals surface area contributed by atoms with E-state index in [2.05, 4.69) is 4.74 Å². The van der Waals surface area contributed by atoms with Gasteiger partial charge in [0, 0.05) is 18.7 Å². The molecule has 2 aromatic carbocycles. The fourth-order valence-corrected chi connectivity index (χ4v) is 2.96. The lowest BCUT2D eigenvalue weighted by Gasteiger charge is -2.22. The highest BCUT2D eigenvalue weighted by molar-refractivity contribution is 5.92. The molecule has 0 heterocycles. The van der Waals surface area contributed by atoms with Gasteiger partial charge in [-0.2, -0.15) is 8.78 Å². The molecule has 0 radical (unpaired) electrons. The maximum atomic E-state index is 13.3. The van der Waals surface area contributed by atoms with Crippen molar-refractivity contribution in [1.29, 1.82) is 0 Å². The van der Waals surface area contributed by atoms with E-state index in [4.69, 9.17) is 4.74 Å². The Morgan fingerprint density at radius 3 is 2.66 bits per heavy atom. The summed E-state index contributed by atoms with van der Waals surface area (Å²) >= 11 is 0. The van der Waals surface area contributed by atoms with Crippen LogP contribution >= 0.6 is 0 Å². The molecule has 0 saturated heterocycles. The van der Waals surface area contributed by atoms with E-state index < -0.39 is 6.61 Å². The van der Waals surface area contributed by atoms with Crippen molar-refractivity contribution in [2.75, 3.05) is 6.61 Å². The highest BCUT2D eigenvalue weighted by Crippen LogP contribution is 2.33. The summed E-state index contributed by atoms with van der Waals surface area (Å²) in [5, 5.41) is 0. The van der Waals surface area contributed by atoms with Gasteiger partial charge in [-0.15, -0.1) is 0 Å². The van der Waals surface area contributed by atoms with Crippen molar-refractivity contribution in [2.45, 2.75) is 39.0 Å². The molecule has 154 valence electrons. The molecule has 0 atom stereocenters. The zero-order valence-corrected chi connectivity index (χ0v) is 16.0. The largest absolute Gasteiger partial charge is 0.490 e. The van der Waals surface area contributed by atoms with Gasteiger partial charge in [0.2, 0.25) is 5.91 Å². The van der Waals surface area contributed by atoms with Crippen molar-refractivity contribution in [2.24, 2.45) is 0 Å². The predicted molar refractivity (Wildman–Crippen MR) is 103 cm³/mol. The van der Waals surface area contributed by atoms with Gasteiger partial charge in [0.1, 0.15) is 5.82 Å². The molecule has 1 fully saturated rings. The fourth-order valence-electron chi connectivity index (χ4n) is 2.96. The van der Waals surface area contributed by atoms with E-state index in [9.17, 15) is 18.0 Å². The second-order valence-corrected chi connectivity index (χ2v) is 6.68. The summed E-state index contributed by atoms with van der Waals surface area (Å²) in [5.41, 5.74) is 1.34. The third-order valence-corrected chi connectivity index (χ3v) is 4.41. The number of nitrogens with zero attached hydrogens (tertiary/aromatic N) is 1. The molecule has 0 aromatic heterocycles. The lowest BCUT2D eigenvalue weighted by Crippen LogP contribution is -2.31. The van der Waals surface area contributed by atoms with E-state index in [-0.39, 0.29) is 29.3 Å². The number of hydrogen-bond donors (Lipinski definition) is 0. The molecule has 29 heavy (non-hydrogen) atoms. The summed E-state index contributed by atoms with van der Waals surface area (Å²) in [6.45, 7) is -0.593. The number of carbonyl (C=O) groups excluding carboxylic acids is 1. The van der Waals surface area contributed by atoms with Crippen molar-refractivity contribution >= 4 is 12.0 Å². The lowest BCUT2D eigenvalue weighted by atomic mass is 10.1. The smallest absolute Gasteiger partial charge is 0.387 e. The summed E-state index contributed by atoms with van der Waals surface area (Å²) in [5.74, 6) is -0.388. The monoisotopic (exact) mass is 405 g/mol. The van der Waals surface area contributed by atoms with Crippen LogP contribution in [-0.2, 0) is 11.3 Å². The van der Waals surface area contributed by atoms with Crippen LogP contribution < -0.4 is 9.47 Å². The van der Waals surface area contributed by atoms with E-state index in [1.165, 1.54) is 24.3 Å². The molecule has 0 bridgehead atoms. The minimum atomic E-state index is -2.95. The lowest BCUT2D eigenvalue weighted by molar-refractivity contribution is -0.127. The van der Waals surface area contributed by atoms with E-state index in [0.717, 1.165) is 18.4 Å². The number of benzene rings is 2. The van der Waals surface area contributed by atoms with E-state index >= 15 is 0 Å². The average molecular weight is 405 g/mol. The topological polar surface area (TPSA) is 38.8 Å². The Balaban J connectivity index is 1.74. The summed E-state index contributed by atoms with van der Waals surface area (Å²) < 4.78 is 48.3. The van der Waals surface area contributed by atoms with Crippen LogP contribution in [0.4, 0.5) is 13.2 Å². The van der Waals surface area contributed by atoms with Gasteiger partial charge in [-0.3, -0.25) is 4.79 Å². The predicted octanol–water partition coefficient (Wildman–Crippen LogP) is 5.03. The Morgan fingerprint density at radius 2 is 2.00 bits per heavy atom. The minimum absolute atomic E-state index is 0.0408. The van der Waals surface area contributed by atoms with Crippen LogP contribution in [-0.4, -0.2) is 30.1 Å². The zero-order valence-electron chi connectivity index (χ0n) is 16.0. The Bertz CT molecular complexity index is 881. The molecule has 1 amide bonds. The van der Waals surface area contributed by atoms with E-state index in [0.29, 0.717) is 18.7 Å². The maximum Gasteiger partial charge on any atom is 0.387 e. The highest BCUT2D eigenvalue weighted by Gasteiger charge is 2.31. The molecule has 0 unspecified atom stereocenters. The second-order valence-electron chi connectivity index (χ2n) is 6.68. The first kappa shape index (κ1) is 20.8. The van der Waals surface area contributed by atoms with Crippen LogP contribution in [0.25, 0.3) is 6.08 Å². The van der Waals surface area contributed by atoms with Gasteiger partial charge in [0.15, 0.2) is 11.5 Å². The Hall–Kier alpha value is -2.96. The molecule has 0 N–H and O–H groups in total. The maximum absolute atomic E-state index is 13.3. The molecule has 1 aliphatic carbocycles. The van der Waals surface area contributed by atoms with Crippen LogP contribution in [0.1, 0.15) is 30.9 Å². The van der Waals surface area contributed by atoms with Gasteiger partial charge in [0.25, 0.3) is 0 Å². The Labute approximate surface area is 167 Å². The van der Waals surface area contributed by atoms with E-state index in [1.54, 1.807) is 42.2 Å². The standard InChI is InChI=1S/C22H22F3NO3/c1-2-28-20-13-16(6-10-19(20)29-22(24)25)14-26(18-8-9-18)21(27)11-7-15-4-3-5-17(23)12-15/h3-7,10-13,18,22H,2,8-9,14H2,1H3. The number of hydrogen-bond acceptors (Lipinski definition) is 3. The molecular formula is C22H22F3NO3. The van der Waals surface area contributed by atoms with Gasteiger partial charge < -0.3 is 14.4 Å². The zero-order chi connectivity index (χ0) is 20.8. The number of halogens is 3. The first-order chi connectivity index (χ1) is 14.0. The number of rotatable bonds is 9. The van der Waals surface area contributed by atoms with Crippen LogP contribution in [0.5, 0.6) is 11.5 Å². The molecule has 1 saturated carbocycles. The quantitative estimate of drug-likeness (QED) is 0.550. The summed E-state index contributed by atoms with van der Waals surface area (Å²) in [7, 11) is 0. The van der Waals surface area contributed by atoms with Gasteiger partial charge >= 0.3 is 6.61 Å². The molecule has 1 aliphatic rings. The van der Waals surface area contributed by atoms with Crippen LogP contribution in [0.3, 0.4) is 0 Å². The first-order valence-electron chi connectivity index (χ1n) is 9.41. The van der Waals surface area contributed by atoms with E-state index in [1.807, 2.05) is 0 Å². The number of carbonyl (C=O) groups is 1. The van der Waals surface area contributed by atoms with Gasteiger partial charge in [0.05, 0.1) is 6.61 Å². The van der Waals surface area contributed by atoms with Crippen LogP contribution in [0.2, 0.25) is 0 Å². The fraction of sp³-hybridized carbons (Fsp3) is 0.318. The Kier molecular flexibility index (Phi) is 6.80. The number of amides is 1. The van der Waals surface area contributed by atoms with Crippen LogP contribution in [0.15, 0.2) is 48.5 Å². The third kappa shape index (κ3) is 6.01. The average Bonchev–Trinajstić information content (AvgIpc) is 3.51. The van der Waals surface area contributed by atoms with Crippen molar-refractivity contribution in [3.8, 4) is 11.5 Å². The highest BCUT2D eigenvalue weighted by atomic mass is 19.3. The van der Waals surface area contributed by atoms with Gasteiger partial charge in [-0.1, -0.05) is 18.2 Å². The first-order valence-corrected chi connectivity index (χ1v) is 9.41. The molecule has 3 rings (SSSR count). The molecule has 7 heteroatoms. The minimum Gasteiger partial charge on any atom is -0.490 e. The van der Waals surface area contributed by atoms with Crippen molar-refractivity contribution < 1.29 is 27.4 Å². The summed E-state index contributed by atoms with van der Waals surface area (Å²) in [4.78, 5) is 14.4. The van der Waals surface area contributed by atoms with Gasteiger partial charge in [-0.25, -0.2) is 4.39 Å². The number of alkyl halides is 2. The van der Waals surface area contributed by atoms with Gasteiger partial charge in [-0.05, 0) is 61.2 Å². The molecule has 0 aliphatic heterocycles. The summed E-state index contributed by atoms with van der Waals surface area (Å²) in [6, 6.07) is 10.8.